The highest BCUT2D eigenvalue weighted by Crippen LogP contribution is 2.19. The molecule has 126 valence electrons. The number of aromatic nitrogens is 2. The standard InChI is InChI=1S/C17H12Cl2N4O2/c1-23-17(25)13-5-3-2-4-12(13)15(22-23)16(24)21-20-9-10-6-7-11(18)8-14(10)19/h2-9H,1H3,(H,21,24)/b20-9+. The van der Waals surface area contributed by atoms with Gasteiger partial charge >= 0.3 is 0 Å². The van der Waals surface area contributed by atoms with Gasteiger partial charge < -0.3 is 0 Å². The molecule has 3 aromatic rings. The molecule has 2 aromatic carbocycles. The van der Waals surface area contributed by atoms with Crippen molar-refractivity contribution in [2.24, 2.45) is 12.1 Å². The molecule has 8 heteroatoms. The van der Waals surface area contributed by atoms with E-state index in [9.17, 15) is 9.59 Å². The van der Waals surface area contributed by atoms with E-state index in [2.05, 4.69) is 15.6 Å². The third-order valence-corrected chi connectivity index (χ3v) is 4.07. The molecule has 1 N–H and O–H groups in total. The van der Waals surface area contributed by atoms with Crippen molar-refractivity contribution in [1.82, 2.24) is 15.2 Å². The molecule has 1 aromatic heterocycles. The van der Waals surface area contributed by atoms with Gasteiger partial charge in [-0.15, -0.1) is 0 Å². The van der Waals surface area contributed by atoms with E-state index in [-0.39, 0.29) is 11.3 Å². The summed E-state index contributed by atoms with van der Waals surface area (Å²) in [7, 11) is 1.49. The molecule has 0 atom stereocenters. The quantitative estimate of drug-likeness (QED) is 0.565. The topological polar surface area (TPSA) is 76.3 Å². The fourth-order valence-corrected chi connectivity index (χ4v) is 2.74. The lowest BCUT2D eigenvalue weighted by Gasteiger charge is -2.06. The molecule has 0 saturated carbocycles. The van der Waals surface area contributed by atoms with Crippen LogP contribution >= 0.6 is 23.2 Å². The number of hydrazone groups is 1. The summed E-state index contributed by atoms with van der Waals surface area (Å²) >= 11 is 11.9. The van der Waals surface area contributed by atoms with Gasteiger partial charge in [0.25, 0.3) is 11.5 Å². The number of aryl methyl sites for hydroxylation is 1. The zero-order valence-electron chi connectivity index (χ0n) is 13.0. The maximum absolute atomic E-state index is 12.4. The van der Waals surface area contributed by atoms with E-state index in [1.54, 1.807) is 42.5 Å². The molecular formula is C17H12Cl2N4O2. The van der Waals surface area contributed by atoms with Gasteiger partial charge in [0.2, 0.25) is 0 Å². The number of hydrogen-bond acceptors (Lipinski definition) is 4. The van der Waals surface area contributed by atoms with E-state index in [0.29, 0.717) is 26.4 Å². The molecule has 3 rings (SSSR count). The Bertz CT molecular complexity index is 1060. The summed E-state index contributed by atoms with van der Waals surface area (Å²) in [6.07, 6.45) is 1.40. The zero-order valence-corrected chi connectivity index (χ0v) is 14.5. The number of nitrogens with one attached hydrogen (secondary N) is 1. The molecule has 0 radical (unpaired) electrons. The van der Waals surface area contributed by atoms with Gasteiger partial charge in [-0.25, -0.2) is 10.1 Å². The number of carbonyl (C=O) groups excluding carboxylic acids is 1. The van der Waals surface area contributed by atoms with Crippen molar-refractivity contribution in [2.75, 3.05) is 0 Å². The molecule has 1 amide bonds. The van der Waals surface area contributed by atoms with Crippen LogP contribution in [-0.2, 0) is 7.05 Å². The van der Waals surface area contributed by atoms with Crippen LogP contribution in [0.5, 0.6) is 0 Å². The fourth-order valence-electron chi connectivity index (χ4n) is 2.29. The second-order valence-electron chi connectivity index (χ2n) is 5.19. The summed E-state index contributed by atoms with van der Waals surface area (Å²) < 4.78 is 1.12. The third kappa shape index (κ3) is 3.55. The summed E-state index contributed by atoms with van der Waals surface area (Å²) in [5, 5.41) is 9.71. The van der Waals surface area contributed by atoms with Gasteiger partial charge in [0.15, 0.2) is 5.69 Å². The van der Waals surface area contributed by atoms with E-state index in [1.165, 1.54) is 13.3 Å². The lowest BCUT2D eigenvalue weighted by molar-refractivity contribution is 0.0950. The van der Waals surface area contributed by atoms with E-state index in [1.807, 2.05) is 0 Å². The van der Waals surface area contributed by atoms with Gasteiger partial charge in [-0.3, -0.25) is 9.59 Å². The minimum absolute atomic E-state index is 0.108. The van der Waals surface area contributed by atoms with Crippen LogP contribution in [0.3, 0.4) is 0 Å². The minimum Gasteiger partial charge on any atom is -0.267 e. The van der Waals surface area contributed by atoms with Gasteiger partial charge in [-0.05, 0) is 18.2 Å². The fraction of sp³-hybridized carbons (Fsp3) is 0.0588. The molecule has 1 heterocycles. The minimum atomic E-state index is -0.534. The molecule has 0 bridgehead atoms. The van der Waals surface area contributed by atoms with Gasteiger partial charge in [0.05, 0.1) is 16.6 Å². The predicted octanol–water partition coefficient (Wildman–Crippen LogP) is 3.00. The van der Waals surface area contributed by atoms with Crippen molar-refractivity contribution < 1.29 is 4.79 Å². The number of carbonyl (C=O) groups is 1. The first-order chi connectivity index (χ1) is 12.0. The number of hydrogen-bond donors (Lipinski definition) is 1. The van der Waals surface area contributed by atoms with Crippen molar-refractivity contribution in [3.05, 3.63) is 74.1 Å². The molecule has 0 spiro atoms. The van der Waals surface area contributed by atoms with Crippen LogP contribution in [0.25, 0.3) is 10.8 Å². The van der Waals surface area contributed by atoms with E-state index >= 15 is 0 Å². The Kier molecular flexibility index (Phi) is 4.83. The normalized spacial score (nSPS) is 11.2. The number of benzene rings is 2. The van der Waals surface area contributed by atoms with Gasteiger partial charge in [0.1, 0.15) is 0 Å². The Hall–Kier alpha value is -2.70. The Morgan fingerprint density at radius 2 is 1.92 bits per heavy atom. The average Bonchev–Trinajstić information content (AvgIpc) is 2.60. The first kappa shape index (κ1) is 17.1. The Labute approximate surface area is 152 Å². The summed E-state index contributed by atoms with van der Waals surface area (Å²) in [5.41, 5.74) is 2.82. The van der Waals surface area contributed by atoms with Crippen LogP contribution in [-0.4, -0.2) is 21.9 Å². The highest BCUT2D eigenvalue weighted by molar-refractivity contribution is 6.36. The van der Waals surface area contributed by atoms with Crippen LogP contribution in [0.4, 0.5) is 0 Å². The Morgan fingerprint density at radius 3 is 2.64 bits per heavy atom. The molecule has 0 aliphatic carbocycles. The summed E-state index contributed by atoms with van der Waals surface area (Å²) in [4.78, 5) is 24.5. The van der Waals surface area contributed by atoms with Crippen molar-refractivity contribution in [2.45, 2.75) is 0 Å². The van der Waals surface area contributed by atoms with Crippen molar-refractivity contribution in [3.8, 4) is 0 Å². The van der Waals surface area contributed by atoms with Gasteiger partial charge in [-0.2, -0.15) is 10.2 Å². The highest BCUT2D eigenvalue weighted by atomic mass is 35.5. The number of halogens is 2. The smallest absolute Gasteiger partial charge is 0.267 e. The molecule has 0 aliphatic heterocycles. The highest BCUT2D eigenvalue weighted by Gasteiger charge is 2.14. The molecule has 0 saturated heterocycles. The van der Waals surface area contributed by atoms with E-state index in [0.717, 1.165) is 4.68 Å². The second-order valence-corrected chi connectivity index (χ2v) is 6.03. The molecule has 6 nitrogen and oxygen atoms in total. The van der Waals surface area contributed by atoms with Crippen LogP contribution < -0.4 is 11.0 Å². The lowest BCUT2D eigenvalue weighted by Crippen LogP contribution is -2.27. The van der Waals surface area contributed by atoms with Crippen molar-refractivity contribution in [1.29, 1.82) is 0 Å². The Balaban J connectivity index is 1.89. The summed E-state index contributed by atoms with van der Waals surface area (Å²) in [5.74, 6) is -0.534. The van der Waals surface area contributed by atoms with Crippen molar-refractivity contribution >= 4 is 46.1 Å². The SMILES string of the molecule is Cn1nc(C(=O)N/N=C/c2ccc(Cl)cc2Cl)c2ccccc2c1=O. The number of amides is 1. The Morgan fingerprint density at radius 1 is 1.20 bits per heavy atom. The molecular weight excluding hydrogens is 363 g/mol. The van der Waals surface area contributed by atoms with Crippen LogP contribution in [0.15, 0.2) is 52.4 Å². The van der Waals surface area contributed by atoms with Crippen LogP contribution in [0.2, 0.25) is 10.0 Å². The van der Waals surface area contributed by atoms with E-state index < -0.39 is 5.91 Å². The van der Waals surface area contributed by atoms with Crippen LogP contribution in [0, 0.1) is 0 Å². The van der Waals surface area contributed by atoms with Crippen LogP contribution in [0.1, 0.15) is 16.1 Å². The first-order valence-electron chi connectivity index (χ1n) is 7.22. The monoisotopic (exact) mass is 374 g/mol. The third-order valence-electron chi connectivity index (χ3n) is 3.50. The molecule has 0 aliphatic rings. The number of nitrogens with zero attached hydrogens (tertiary/aromatic N) is 3. The molecule has 0 fully saturated rings. The van der Waals surface area contributed by atoms with E-state index in [4.69, 9.17) is 23.2 Å². The lowest BCUT2D eigenvalue weighted by atomic mass is 10.1. The molecule has 25 heavy (non-hydrogen) atoms. The molecule has 0 unspecified atom stereocenters. The van der Waals surface area contributed by atoms with Gasteiger partial charge in [-0.1, -0.05) is 47.5 Å². The maximum Gasteiger partial charge on any atom is 0.292 e. The van der Waals surface area contributed by atoms with Crippen molar-refractivity contribution in [3.63, 3.8) is 0 Å². The predicted molar refractivity (Wildman–Crippen MR) is 98.5 cm³/mol. The summed E-state index contributed by atoms with van der Waals surface area (Å²) in [6, 6.07) is 11.7. The largest absolute Gasteiger partial charge is 0.292 e. The average molecular weight is 375 g/mol. The second kappa shape index (κ2) is 7.04. The number of rotatable bonds is 3. The first-order valence-corrected chi connectivity index (χ1v) is 7.97. The maximum atomic E-state index is 12.4. The number of fused-ring (bicyclic) bond motifs is 1. The van der Waals surface area contributed by atoms with Gasteiger partial charge in [0, 0.05) is 23.0 Å². The zero-order chi connectivity index (χ0) is 18.0. The summed E-state index contributed by atoms with van der Waals surface area (Å²) in [6.45, 7) is 0.